The highest BCUT2D eigenvalue weighted by atomic mass is 15.3. The van der Waals surface area contributed by atoms with E-state index in [0.29, 0.717) is 6.04 Å². The lowest BCUT2D eigenvalue weighted by atomic mass is 9.96. The van der Waals surface area contributed by atoms with Crippen LogP contribution in [0.3, 0.4) is 0 Å². The number of fused-ring (bicyclic) bond motifs is 3. The van der Waals surface area contributed by atoms with Crippen molar-refractivity contribution in [2.75, 3.05) is 44.2 Å². The van der Waals surface area contributed by atoms with Crippen LogP contribution in [0.5, 0.6) is 0 Å². The number of hydrogen-bond acceptors (Lipinski definition) is 5. The summed E-state index contributed by atoms with van der Waals surface area (Å²) in [6.45, 7) is 9.18. The Kier molecular flexibility index (Phi) is 6.06. The molecule has 2 aliphatic rings. The molecule has 4 aromatic rings. The molecule has 0 N–H and O–H groups in total. The van der Waals surface area contributed by atoms with Gasteiger partial charge in [0.25, 0.3) is 0 Å². The van der Waals surface area contributed by atoms with Crippen molar-refractivity contribution in [3.8, 4) is 5.69 Å². The fourth-order valence-electron chi connectivity index (χ4n) is 5.59. The van der Waals surface area contributed by atoms with E-state index in [9.17, 15) is 0 Å². The summed E-state index contributed by atoms with van der Waals surface area (Å²) < 4.78 is 2.19. The lowest BCUT2D eigenvalue weighted by molar-refractivity contribution is 0.111. The number of rotatable bonds is 6. The van der Waals surface area contributed by atoms with Crippen molar-refractivity contribution < 1.29 is 0 Å². The van der Waals surface area contributed by atoms with Crippen molar-refractivity contribution in [2.24, 2.45) is 0 Å². The van der Waals surface area contributed by atoms with Gasteiger partial charge in [0.1, 0.15) is 5.82 Å². The van der Waals surface area contributed by atoms with Crippen LogP contribution in [0, 0.1) is 6.92 Å². The summed E-state index contributed by atoms with van der Waals surface area (Å²) in [6.07, 6.45) is 0. The van der Waals surface area contributed by atoms with Gasteiger partial charge >= 0.3 is 0 Å². The normalized spacial score (nSPS) is 16.3. The number of aromatic nitrogens is 3. The molecule has 0 spiro atoms. The molecule has 6 rings (SSSR count). The number of aryl methyl sites for hydroxylation is 1. The molecular formula is C29H32N6. The molecule has 2 aliphatic heterocycles. The van der Waals surface area contributed by atoms with Gasteiger partial charge in [0.05, 0.1) is 24.0 Å². The molecule has 0 radical (unpaired) electrons. The minimum atomic E-state index is 0.308. The summed E-state index contributed by atoms with van der Waals surface area (Å²) in [4.78, 5) is 7.71. The number of anilines is 1. The van der Waals surface area contributed by atoms with E-state index >= 15 is 0 Å². The maximum absolute atomic E-state index is 4.44. The average molecular weight is 465 g/mol. The lowest BCUT2D eigenvalue weighted by Gasteiger charge is -2.41. The SMILES string of the molecule is Cc1nnc2n1-c1ccccc1N(CCN1CCN(C(c3ccccc3)c3ccccc3)CC1)C2. The van der Waals surface area contributed by atoms with Crippen LogP contribution in [0.2, 0.25) is 0 Å². The van der Waals surface area contributed by atoms with Crippen LogP contribution < -0.4 is 4.90 Å². The van der Waals surface area contributed by atoms with E-state index in [1.165, 1.54) is 22.5 Å². The van der Waals surface area contributed by atoms with E-state index in [-0.39, 0.29) is 0 Å². The highest BCUT2D eigenvalue weighted by Gasteiger charge is 2.28. The fraction of sp³-hybridized carbons (Fsp3) is 0.310. The summed E-state index contributed by atoms with van der Waals surface area (Å²) >= 11 is 0. The Morgan fingerprint density at radius 3 is 1.94 bits per heavy atom. The number of nitrogens with zero attached hydrogens (tertiary/aromatic N) is 6. The second-order valence-electron chi connectivity index (χ2n) is 9.51. The molecule has 35 heavy (non-hydrogen) atoms. The lowest BCUT2D eigenvalue weighted by Crippen LogP contribution is -2.49. The first-order valence-corrected chi connectivity index (χ1v) is 12.6. The maximum Gasteiger partial charge on any atom is 0.157 e. The van der Waals surface area contributed by atoms with Crippen LogP contribution in [-0.4, -0.2) is 63.8 Å². The van der Waals surface area contributed by atoms with E-state index in [1.54, 1.807) is 0 Å². The molecule has 6 heteroatoms. The quantitative estimate of drug-likeness (QED) is 0.426. The predicted octanol–water partition coefficient (Wildman–Crippen LogP) is 4.30. The van der Waals surface area contributed by atoms with Crippen LogP contribution in [0.1, 0.15) is 28.8 Å². The third kappa shape index (κ3) is 4.35. The van der Waals surface area contributed by atoms with Crippen LogP contribution in [0.15, 0.2) is 84.9 Å². The van der Waals surface area contributed by atoms with Crippen molar-refractivity contribution in [1.82, 2.24) is 24.6 Å². The van der Waals surface area contributed by atoms with Gasteiger partial charge in [0, 0.05) is 39.3 Å². The summed E-state index contributed by atoms with van der Waals surface area (Å²) in [5, 5.41) is 8.76. The maximum atomic E-state index is 4.44. The van der Waals surface area contributed by atoms with Crippen LogP contribution in [0.25, 0.3) is 5.69 Å². The van der Waals surface area contributed by atoms with Gasteiger partial charge in [-0.15, -0.1) is 10.2 Å². The minimum absolute atomic E-state index is 0.308. The Balaban J connectivity index is 1.12. The van der Waals surface area contributed by atoms with E-state index in [1.807, 2.05) is 6.92 Å². The van der Waals surface area contributed by atoms with Crippen LogP contribution >= 0.6 is 0 Å². The van der Waals surface area contributed by atoms with Gasteiger partial charge in [0.15, 0.2) is 5.82 Å². The molecule has 0 bridgehead atoms. The van der Waals surface area contributed by atoms with Crippen molar-refractivity contribution in [3.05, 3.63) is 108 Å². The molecule has 6 nitrogen and oxygen atoms in total. The fourth-order valence-corrected chi connectivity index (χ4v) is 5.59. The Morgan fingerprint density at radius 1 is 0.686 bits per heavy atom. The summed E-state index contributed by atoms with van der Waals surface area (Å²) in [5.41, 5.74) is 5.21. The molecule has 1 fully saturated rings. The van der Waals surface area contributed by atoms with Gasteiger partial charge in [-0.1, -0.05) is 72.8 Å². The first-order chi connectivity index (χ1) is 17.3. The Morgan fingerprint density at radius 2 is 1.29 bits per heavy atom. The number of para-hydroxylation sites is 2. The molecule has 0 aliphatic carbocycles. The molecule has 178 valence electrons. The molecule has 0 amide bonds. The van der Waals surface area contributed by atoms with Crippen molar-refractivity contribution >= 4 is 5.69 Å². The predicted molar refractivity (Wildman–Crippen MR) is 140 cm³/mol. The van der Waals surface area contributed by atoms with Crippen LogP contribution in [-0.2, 0) is 6.54 Å². The van der Waals surface area contributed by atoms with E-state index in [4.69, 9.17) is 0 Å². The second kappa shape index (κ2) is 9.64. The smallest absolute Gasteiger partial charge is 0.157 e. The average Bonchev–Trinajstić information content (AvgIpc) is 3.30. The molecule has 0 saturated carbocycles. The molecule has 3 aromatic carbocycles. The zero-order valence-electron chi connectivity index (χ0n) is 20.3. The molecule has 0 atom stereocenters. The Labute approximate surface area is 207 Å². The minimum Gasteiger partial charge on any atom is -0.361 e. The van der Waals surface area contributed by atoms with Gasteiger partial charge < -0.3 is 4.90 Å². The van der Waals surface area contributed by atoms with Crippen molar-refractivity contribution in [2.45, 2.75) is 19.5 Å². The number of benzene rings is 3. The molecular weight excluding hydrogens is 432 g/mol. The molecule has 3 heterocycles. The third-order valence-corrected chi connectivity index (χ3v) is 7.38. The van der Waals surface area contributed by atoms with Crippen molar-refractivity contribution in [1.29, 1.82) is 0 Å². The van der Waals surface area contributed by atoms with E-state index < -0.39 is 0 Å². The first-order valence-electron chi connectivity index (χ1n) is 12.6. The Bertz CT molecular complexity index is 1220. The zero-order valence-corrected chi connectivity index (χ0v) is 20.3. The third-order valence-electron chi connectivity index (χ3n) is 7.38. The number of piperazine rings is 1. The molecule has 1 saturated heterocycles. The van der Waals surface area contributed by atoms with Gasteiger partial charge in [-0.3, -0.25) is 14.4 Å². The van der Waals surface area contributed by atoms with E-state index in [2.05, 4.69) is 114 Å². The first kappa shape index (κ1) is 22.0. The van der Waals surface area contributed by atoms with Crippen molar-refractivity contribution in [3.63, 3.8) is 0 Å². The zero-order chi connectivity index (χ0) is 23.6. The summed E-state index contributed by atoms with van der Waals surface area (Å²) in [5.74, 6) is 1.98. The van der Waals surface area contributed by atoms with Gasteiger partial charge in [-0.25, -0.2) is 0 Å². The monoisotopic (exact) mass is 464 g/mol. The summed E-state index contributed by atoms with van der Waals surface area (Å²) in [7, 11) is 0. The number of hydrogen-bond donors (Lipinski definition) is 0. The topological polar surface area (TPSA) is 40.4 Å². The highest BCUT2D eigenvalue weighted by molar-refractivity contribution is 5.65. The van der Waals surface area contributed by atoms with Gasteiger partial charge in [0.2, 0.25) is 0 Å². The second-order valence-corrected chi connectivity index (χ2v) is 9.51. The largest absolute Gasteiger partial charge is 0.361 e. The highest BCUT2D eigenvalue weighted by Crippen LogP contribution is 2.32. The molecule has 0 unspecified atom stereocenters. The van der Waals surface area contributed by atoms with E-state index in [0.717, 1.165) is 57.5 Å². The summed E-state index contributed by atoms with van der Waals surface area (Å²) in [6, 6.07) is 30.8. The van der Waals surface area contributed by atoms with Crippen LogP contribution in [0.4, 0.5) is 5.69 Å². The van der Waals surface area contributed by atoms with Gasteiger partial charge in [-0.05, 0) is 30.2 Å². The Hall–Kier alpha value is -3.48. The van der Waals surface area contributed by atoms with Gasteiger partial charge in [-0.2, -0.15) is 0 Å². The molecule has 1 aromatic heterocycles. The standard InChI is InChI=1S/C29H32N6/c1-23-30-31-28-22-34(26-14-8-9-15-27(26)35(23)28)21-18-32-16-19-33(20-17-32)29(24-10-4-2-5-11-24)25-12-6-3-7-13-25/h2-15,29H,16-22H2,1H3.